The molecule has 0 saturated heterocycles. The molecular formula is C12H12N3O2Pd-. The average molecular weight is 337 g/mol. The van der Waals surface area contributed by atoms with Crippen molar-refractivity contribution in [1.29, 1.82) is 0 Å². The maximum absolute atomic E-state index is 11.7. The van der Waals surface area contributed by atoms with Gasteiger partial charge < -0.3 is 15.5 Å². The SMILES string of the molecule is CCOC(=O)C1=Cc2ccncc2N=C([NH-])C1.[Pd]. The number of hydrogen-bond donors (Lipinski definition) is 0. The molecule has 0 unspecified atom stereocenters. The van der Waals surface area contributed by atoms with E-state index in [4.69, 9.17) is 10.5 Å². The molecule has 1 aliphatic heterocycles. The molecule has 1 aliphatic rings. The number of hydrogen-bond acceptors (Lipinski definition) is 4. The van der Waals surface area contributed by atoms with Gasteiger partial charge in [-0.05, 0) is 36.7 Å². The number of rotatable bonds is 2. The summed E-state index contributed by atoms with van der Waals surface area (Å²) >= 11 is 0. The maximum atomic E-state index is 11.7. The van der Waals surface area contributed by atoms with Gasteiger partial charge >= 0.3 is 5.97 Å². The smallest absolute Gasteiger partial charge is 0.334 e. The van der Waals surface area contributed by atoms with Gasteiger partial charge in [-0.2, -0.15) is 0 Å². The Kier molecular flexibility index (Phi) is 5.20. The first kappa shape index (κ1) is 14.6. The number of aromatic nitrogens is 1. The molecule has 0 atom stereocenters. The Morgan fingerprint density at radius 3 is 3.06 bits per heavy atom. The molecule has 1 aromatic rings. The van der Waals surface area contributed by atoms with Crippen molar-refractivity contribution in [2.75, 3.05) is 6.61 Å². The quantitative estimate of drug-likeness (QED) is 0.615. The molecule has 1 N–H and O–H groups in total. The van der Waals surface area contributed by atoms with Crippen LogP contribution in [0, 0.1) is 0 Å². The van der Waals surface area contributed by atoms with Gasteiger partial charge in [0.15, 0.2) is 0 Å². The van der Waals surface area contributed by atoms with Crippen LogP contribution >= 0.6 is 0 Å². The first-order chi connectivity index (χ1) is 8.20. The van der Waals surface area contributed by atoms with Gasteiger partial charge in [0.05, 0.1) is 6.61 Å². The minimum atomic E-state index is -0.392. The van der Waals surface area contributed by atoms with Crippen LogP contribution in [0.3, 0.4) is 0 Å². The van der Waals surface area contributed by atoms with E-state index in [-0.39, 0.29) is 32.7 Å². The van der Waals surface area contributed by atoms with Gasteiger partial charge in [-0.3, -0.25) is 4.98 Å². The summed E-state index contributed by atoms with van der Waals surface area (Å²) in [7, 11) is 0. The van der Waals surface area contributed by atoms with Crippen LogP contribution in [0.15, 0.2) is 29.0 Å². The number of fused-ring (bicyclic) bond motifs is 1. The molecule has 2 rings (SSSR count). The number of esters is 1. The van der Waals surface area contributed by atoms with Gasteiger partial charge in [-0.15, -0.1) is 0 Å². The second-order valence-corrected chi connectivity index (χ2v) is 3.56. The molecule has 5 nitrogen and oxygen atoms in total. The molecule has 0 aromatic carbocycles. The minimum Gasteiger partial charge on any atom is -0.485 e. The van der Waals surface area contributed by atoms with Crippen molar-refractivity contribution in [3.05, 3.63) is 35.3 Å². The number of ether oxygens (including phenoxy) is 1. The van der Waals surface area contributed by atoms with Crippen molar-refractivity contribution in [2.24, 2.45) is 4.99 Å². The van der Waals surface area contributed by atoms with E-state index in [1.807, 2.05) is 0 Å². The van der Waals surface area contributed by atoms with Crippen molar-refractivity contribution in [3.8, 4) is 0 Å². The number of carbonyl (C=O) groups excluding carboxylic acids is 1. The van der Waals surface area contributed by atoms with Crippen LogP contribution in [-0.4, -0.2) is 23.4 Å². The average Bonchev–Trinajstić information content (AvgIpc) is 2.47. The molecule has 18 heavy (non-hydrogen) atoms. The summed E-state index contributed by atoms with van der Waals surface area (Å²) in [6, 6.07) is 1.76. The van der Waals surface area contributed by atoms with Gasteiger partial charge in [-0.1, -0.05) is 5.84 Å². The predicted molar refractivity (Wildman–Crippen MR) is 64.9 cm³/mol. The fourth-order valence-electron chi connectivity index (χ4n) is 1.57. The van der Waals surface area contributed by atoms with Crippen LogP contribution in [-0.2, 0) is 30.0 Å². The molecule has 0 radical (unpaired) electrons. The van der Waals surface area contributed by atoms with E-state index >= 15 is 0 Å². The summed E-state index contributed by atoms with van der Waals surface area (Å²) in [6.45, 7) is 2.08. The van der Waals surface area contributed by atoms with Crippen molar-refractivity contribution in [1.82, 2.24) is 4.98 Å². The molecule has 6 heteroatoms. The van der Waals surface area contributed by atoms with E-state index in [2.05, 4.69) is 9.98 Å². The Bertz CT molecular complexity index is 512. The zero-order chi connectivity index (χ0) is 12.3. The topological polar surface area (TPSA) is 75.3 Å². The molecular weight excluding hydrogens is 325 g/mol. The minimum absolute atomic E-state index is 0. The van der Waals surface area contributed by atoms with Gasteiger partial charge in [-0.25, -0.2) is 4.79 Å². The number of nitrogens with zero attached hydrogens (tertiary/aromatic N) is 2. The Balaban J connectivity index is 0.00000162. The monoisotopic (exact) mass is 336 g/mol. The Morgan fingerprint density at radius 2 is 2.33 bits per heavy atom. The summed E-state index contributed by atoms with van der Waals surface area (Å²) < 4.78 is 4.94. The van der Waals surface area contributed by atoms with E-state index in [1.54, 1.807) is 31.5 Å². The molecule has 0 spiro atoms. The Labute approximate surface area is 119 Å². The zero-order valence-corrected chi connectivity index (χ0v) is 11.3. The standard InChI is InChI=1S/C12H13N3O2.Pd/c1-2-17-12(16)9-5-8-3-4-14-7-10(8)15-11(13)6-9;/h3-5,7H,2,6H2,1H3,(H2,13,15,16);/p-1. The summed E-state index contributed by atoms with van der Waals surface area (Å²) in [4.78, 5) is 19.7. The predicted octanol–water partition coefficient (Wildman–Crippen LogP) is 2.51. The van der Waals surface area contributed by atoms with Crippen molar-refractivity contribution < 1.29 is 30.0 Å². The fraction of sp³-hybridized carbons (Fsp3) is 0.250. The second-order valence-electron chi connectivity index (χ2n) is 3.56. The molecule has 98 valence electrons. The number of pyridine rings is 1. The normalized spacial score (nSPS) is 13.4. The third kappa shape index (κ3) is 3.25. The fourth-order valence-corrected chi connectivity index (χ4v) is 1.57. The third-order valence-corrected chi connectivity index (χ3v) is 2.31. The Morgan fingerprint density at radius 1 is 1.56 bits per heavy atom. The summed E-state index contributed by atoms with van der Waals surface area (Å²) in [6.07, 6.45) is 5.10. The molecule has 0 bridgehead atoms. The van der Waals surface area contributed by atoms with Crippen LogP contribution in [0.2, 0.25) is 0 Å². The first-order valence-electron chi connectivity index (χ1n) is 5.31. The molecule has 0 aliphatic carbocycles. The van der Waals surface area contributed by atoms with Crippen LogP contribution < -0.4 is 0 Å². The number of nitrogens with one attached hydrogen (secondary N) is 1. The maximum Gasteiger partial charge on any atom is 0.334 e. The third-order valence-electron chi connectivity index (χ3n) is 2.31. The first-order valence-corrected chi connectivity index (χ1v) is 5.31. The van der Waals surface area contributed by atoms with Crippen LogP contribution in [0.5, 0.6) is 0 Å². The van der Waals surface area contributed by atoms with Gasteiger partial charge in [0, 0.05) is 38.4 Å². The molecule has 0 saturated carbocycles. The van der Waals surface area contributed by atoms with Gasteiger partial charge in [0.25, 0.3) is 0 Å². The van der Waals surface area contributed by atoms with Gasteiger partial charge in [0.1, 0.15) is 0 Å². The van der Waals surface area contributed by atoms with E-state index in [9.17, 15) is 4.79 Å². The number of aliphatic imine (C=N–C) groups is 1. The van der Waals surface area contributed by atoms with E-state index in [1.165, 1.54) is 0 Å². The van der Waals surface area contributed by atoms with Crippen LogP contribution in [0.4, 0.5) is 5.69 Å². The largest absolute Gasteiger partial charge is 0.485 e. The summed E-state index contributed by atoms with van der Waals surface area (Å²) in [5, 5.41) is 0. The molecule has 0 amide bonds. The van der Waals surface area contributed by atoms with E-state index in [0.717, 1.165) is 5.56 Å². The van der Waals surface area contributed by atoms with Crippen molar-refractivity contribution in [3.63, 3.8) is 0 Å². The van der Waals surface area contributed by atoms with Crippen molar-refractivity contribution in [2.45, 2.75) is 13.3 Å². The van der Waals surface area contributed by atoms with E-state index in [0.29, 0.717) is 17.9 Å². The van der Waals surface area contributed by atoms with Crippen molar-refractivity contribution >= 4 is 23.6 Å². The summed E-state index contributed by atoms with van der Waals surface area (Å²) in [5.74, 6) is -0.256. The molecule has 1 aromatic heterocycles. The number of carbonyl (C=O) groups is 1. The molecule has 0 fully saturated rings. The summed E-state index contributed by atoms with van der Waals surface area (Å²) in [5.41, 5.74) is 9.51. The van der Waals surface area contributed by atoms with E-state index < -0.39 is 5.97 Å². The van der Waals surface area contributed by atoms with Crippen LogP contribution in [0.1, 0.15) is 18.9 Å². The second kappa shape index (κ2) is 6.43. The number of amidine groups is 1. The van der Waals surface area contributed by atoms with Crippen LogP contribution in [0.25, 0.3) is 11.8 Å². The molecule has 2 heterocycles. The zero-order valence-electron chi connectivity index (χ0n) is 9.75. The van der Waals surface area contributed by atoms with Gasteiger partial charge in [0.2, 0.25) is 0 Å². The Hall–Kier alpha value is -1.51.